The first-order valence-corrected chi connectivity index (χ1v) is 8.22. The zero-order valence-corrected chi connectivity index (χ0v) is 13.1. The highest BCUT2D eigenvalue weighted by atomic mass is 32.2. The van der Waals surface area contributed by atoms with Gasteiger partial charge in [-0.1, -0.05) is 13.8 Å². The van der Waals surface area contributed by atoms with E-state index in [1.54, 1.807) is 6.92 Å². The van der Waals surface area contributed by atoms with E-state index in [0.717, 1.165) is 17.8 Å². The zero-order valence-electron chi connectivity index (χ0n) is 11.5. The molecule has 108 valence electrons. The molecule has 1 aromatic rings. The molecule has 0 saturated carbocycles. The summed E-state index contributed by atoms with van der Waals surface area (Å²) in [6.45, 7) is 6.11. The minimum absolute atomic E-state index is 0.0494. The summed E-state index contributed by atoms with van der Waals surface area (Å²) in [7, 11) is -2.07. The summed E-state index contributed by atoms with van der Waals surface area (Å²) < 4.78 is 26.0. The van der Waals surface area contributed by atoms with Crippen molar-refractivity contribution in [1.29, 1.82) is 0 Å². The number of sulfonamides is 1. The van der Waals surface area contributed by atoms with Crippen molar-refractivity contribution in [2.45, 2.75) is 32.1 Å². The van der Waals surface area contributed by atoms with E-state index in [4.69, 9.17) is 5.11 Å². The number of hydrogen-bond acceptors (Lipinski definition) is 4. The molecular weight excluding hydrogens is 286 g/mol. The van der Waals surface area contributed by atoms with Crippen LogP contribution in [-0.2, 0) is 10.0 Å². The van der Waals surface area contributed by atoms with Crippen LogP contribution in [0.15, 0.2) is 11.0 Å². The number of carboxylic acid groups (broad SMARTS) is 1. The van der Waals surface area contributed by atoms with Crippen LogP contribution in [0.5, 0.6) is 0 Å². The molecule has 0 aliphatic carbocycles. The molecule has 0 aromatic carbocycles. The Morgan fingerprint density at radius 3 is 2.47 bits per heavy atom. The number of carbonyl (C=O) groups is 1. The molecule has 1 N–H and O–H groups in total. The summed E-state index contributed by atoms with van der Waals surface area (Å²) in [5.41, 5.74) is 0. The minimum Gasteiger partial charge on any atom is -0.477 e. The summed E-state index contributed by atoms with van der Waals surface area (Å²) in [4.78, 5) is 11.5. The van der Waals surface area contributed by atoms with Gasteiger partial charge in [0.15, 0.2) is 0 Å². The molecule has 0 aliphatic rings. The number of carboxylic acids is 1. The Labute approximate surface area is 117 Å². The molecule has 5 nitrogen and oxygen atoms in total. The molecule has 0 amide bonds. The Morgan fingerprint density at radius 1 is 1.47 bits per heavy atom. The van der Waals surface area contributed by atoms with Crippen LogP contribution >= 0.6 is 11.3 Å². The van der Waals surface area contributed by atoms with E-state index in [1.165, 1.54) is 17.4 Å². The van der Waals surface area contributed by atoms with Crippen molar-refractivity contribution >= 4 is 27.3 Å². The van der Waals surface area contributed by atoms with Crippen molar-refractivity contribution in [3.8, 4) is 0 Å². The van der Waals surface area contributed by atoms with Crippen LogP contribution in [0.2, 0.25) is 0 Å². The second-order valence-corrected chi connectivity index (χ2v) is 8.11. The predicted molar refractivity (Wildman–Crippen MR) is 75.3 cm³/mol. The number of rotatable bonds is 6. The monoisotopic (exact) mass is 305 g/mol. The van der Waals surface area contributed by atoms with Gasteiger partial charge in [-0.2, -0.15) is 0 Å². The van der Waals surface area contributed by atoms with Gasteiger partial charge in [0, 0.05) is 18.5 Å². The summed E-state index contributed by atoms with van der Waals surface area (Å²) in [5, 5.41) is 8.91. The SMILES string of the molecule is Cc1sc(C(=O)O)cc1S(=O)(=O)N(C)CCC(C)C. The van der Waals surface area contributed by atoms with Crippen molar-refractivity contribution in [3.05, 3.63) is 15.8 Å². The topological polar surface area (TPSA) is 74.7 Å². The predicted octanol–water partition coefficient (Wildman–Crippen LogP) is 2.42. The third-order valence-electron chi connectivity index (χ3n) is 2.79. The van der Waals surface area contributed by atoms with E-state index in [2.05, 4.69) is 0 Å². The molecule has 0 spiro atoms. The molecule has 0 atom stereocenters. The average Bonchev–Trinajstić information content (AvgIpc) is 2.68. The second-order valence-electron chi connectivity index (χ2n) is 4.85. The van der Waals surface area contributed by atoms with E-state index in [9.17, 15) is 13.2 Å². The van der Waals surface area contributed by atoms with Crippen LogP contribution < -0.4 is 0 Å². The van der Waals surface area contributed by atoms with Gasteiger partial charge < -0.3 is 5.11 Å². The van der Waals surface area contributed by atoms with E-state index >= 15 is 0 Å². The van der Waals surface area contributed by atoms with Gasteiger partial charge in [-0.25, -0.2) is 17.5 Å². The van der Waals surface area contributed by atoms with Crippen molar-refractivity contribution in [2.24, 2.45) is 5.92 Å². The van der Waals surface area contributed by atoms with Crippen molar-refractivity contribution < 1.29 is 18.3 Å². The number of nitrogens with zero attached hydrogens (tertiary/aromatic N) is 1. The van der Waals surface area contributed by atoms with Gasteiger partial charge in [-0.05, 0) is 25.3 Å². The lowest BCUT2D eigenvalue weighted by Gasteiger charge is -2.17. The zero-order chi connectivity index (χ0) is 14.8. The van der Waals surface area contributed by atoms with Gasteiger partial charge in [0.2, 0.25) is 10.0 Å². The highest BCUT2D eigenvalue weighted by Gasteiger charge is 2.26. The Morgan fingerprint density at radius 2 is 2.05 bits per heavy atom. The van der Waals surface area contributed by atoms with Gasteiger partial charge in [0.05, 0.1) is 4.90 Å². The van der Waals surface area contributed by atoms with Gasteiger partial charge >= 0.3 is 5.97 Å². The molecule has 0 saturated heterocycles. The second kappa shape index (κ2) is 6.02. The largest absolute Gasteiger partial charge is 0.477 e. The first kappa shape index (κ1) is 16.1. The summed E-state index contributed by atoms with van der Waals surface area (Å²) in [6, 6.07) is 1.24. The molecule has 0 radical (unpaired) electrons. The lowest BCUT2D eigenvalue weighted by Crippen LogP contribution is -2.28. The maximum atomic E-state index is 12.3. The molecular formula is C12H19NO4S2. The quantitative estimate of drug-likeness (QED) is 0.876. The fourth-order valence-corrected chi connectivity index (χ4v) is 4.14. The van der Waals surface area contributed by atoms with Gasteiger partial charge in [-0.3, -0.25) is 0 Å². The number of hydrogen-bond donors (Lipinski definition) is 1. The molecule has 1 heterocycles. The first-order valence-electron chi connectivity index (χ1n) is 5.96. The van der Waals surface area contributed by atoms with Crippen LogP contribution in [0.4, 0.5) is 0 Å². The van der Waals surface area contributed by atoms with Crippen molar-refractivity contribution in [1.82, 2.24) is 4.31 Å². The third-order valence-corrected chi connectivity index (χ3v) is 5.94. The normalized spacial score (nSPS) is 12.3. The van der Waals surface area contributed by atoms with E-state index < -0.39 is 16.0 Å². The maximum absolute atomic E-state index is 12.3. The lowest BCUT2D eigenvalue weighted by molar-refractivity contribution is 0.0702. The molecule has 0 fully saturated rings. The van der Waals surface area contributed by atoms with Crippen LogP contribution in [0.25, 0.3) is 0 Å². The van der Waals surface area contributed by atoms with Gasteiger partial charge in [0.1, 0.15) is 4.88 Å². The highest BCUT2D eigenvalue weighted by Crippen LogP contribution is 2.28. The van der Waals surface area contributed by atoms with Crippen LogP contribution in [-0.4, -0.2) is 37.4 Å². The smallest absolute Gasteiger partial charge is 0.345 e. The summed E-state index contributed by atoms with van der Waals surface area (Å²) >= 11 is 0.986. The van der Waals surface area contributed by atoms with E-state index in [-0.39, 0.29) is 9.77 Å². The fourth-order valence-electron chi connectivity index (χ4n) is 1.55. The Balaban J connectivity index is 3.03. The summed E-state index contributed by atoms with van der Waals surface area (Å²) in [5.74, 6) is -0.685. The van der Waals surface area contributed by atoms with Gasteiger partial charge in [-0.15, -0.1) is 11.3 Å². The molecule has 0 aliphatic heterocycles. The number of aryl methyl sites for hydroxylation is 1. The first-order chi connectivity index (χ1) is 8.66. The standard InChI is InChI=1S/C12H19NO4S2/c1-8(2)5-6-13(4)19(16,17)11-7-10(12(14)15)18-9(11)3/h7-8H,5-6H2,1-4H3,(H,14,15). The number of aromatic carboxylic acids is 1. The molecule has 0 unspecified atom stereocenters. The molecule has 1 rings (SSSR count). The maximum Gasteiger partial charge on any atom is 0.345 e. The molecule has 0 bridgehead atoms. The Bertz CT molecular complexity index is 560. The van der Waals surface area contributed by atoms with E-state index in [1.807, 2.05) is 13.8 Å². The third kappa shape index (κ3) is 3.77. The molecule has 1 aromatic heterocycles. The molecule has 19 heavy (non-hydrogen) atoms. The van der Waals surface area contributed by atoms with E-state index in [0.29, 0.717) is 17.3 Å². The minimum atomic E-state index is -3.60. The highest BCUT2D eigenvalue weighted by molar-refractivity contribution is 7.89. The summed E-state index contributed by atoms with van der Waals surface area (Å²) in [6.07, 6.45) is 0.769. The average molecular weight is 305 g/mol. The van der Waals surface area contributed by atoms with Crippen molar-refractivity contribution in [2.75, 3.05) is 13.6 Å². The Hall–Kier alpha value is -0.920. The molecule has 7 heteroatoms. The lowest BCUT2D eigenvalue weighted by atomic mass is 10.1. The van der Waals surface area contributed by atoms with Gasteiger partial charge in [0.25, 0.3) is 0 Å². The fraction of sp³-hybridized carbons (Fsp3) is 0.583. The number of thiophene rings is 1. The van der Waals surface area contributed by atoms with Crippen LogP contribution in [0.3, 0.4) is 0 Å². The van der Waals surface area contributed by atoms with Crippen molar-refractivity contribution in [3.63, 3.8) is 0 Å². The van der Waals surface area contributed by atoms with Crippen LogP contribution in [0, 0.1) is 12.8 Å². The Kier molecular flexibility index (Phi) is 5.11. The van der Waals surface area contributed by atoms with Crippen LogP contribution in [0.1, 0.15) is 34.8 Å².